The monoisotopic (exact) mass is 398 g/mol. The van der Waals surface area contributed by atoms with Gasteiger partial charge in [0.05, 0.1) is 5.56 Å². The predicted molar refractivity (Wildman–Crippen MR) is 119 cm³/mol. The topological polar surface area (TPSA) is 35.5 Å². The number of ether oxygens (including phenoxy) is 1. The number of unbranched alkanes of at least 4 members (excludes halogenated alkanes) is 2. The standard InChI is InChI=1S/C24H34O3Si/c1-4-6-13-23(14-7-5-2)28(3)27-22-15-16-24(21(17-22)18-25)26-19-20-11-9-8-10-12-20/h8-12,15-18,23,28H,4-7,13-14,19H2,1-3H3. The first-order valence-corrected chi connectivity index (χ1v) is 12.9. The SMILES string of the molecule is CCCCC(CCCC)[SiH](C)Oc1ccc(OCc2ccccc2)c(C=O)c1. The van der Waals surface area contributed by atoms with Crippen molar-refractivity contribution in [2.45, 2.75) is 71.1 Å². The second-order valence-corrected chi connectivity index (χ2v) is 10.0. The highest BCUT2D eigenvalue weighted by atomic mass is 28.3. The predicted octanol–water partition coefficient (Wildman–Crippen LogP) is 6.56. The molecule has 0 radical (unpaired) electrons. The fourth-order valence-corrected chi connectivity index (χ4v) is 5.59. The lowest BCUT2D eigenvalue weighted by atomic mass is 10.1. The number of hydrogen-bond donors (Lipinski definition) is 0. The van der Waals surface area contributed by atoms with Gasteiger partial charge < -0.3 is 9.16 Å². The van der Waals surface area contributed by atoms with Crippen LogP contribution in [0.25, 0.3) is 0 Å². The van der Waals surface area contributed by atoms with Crippen LogP contribution in [0.5, 0.6) is 11.5 Å². The number of aldehydes is 1. The van der Waals surface area contributed by atoms with Gasteiger partial charge in [-0.2, -0.15) is 0 Å². The van der Waals surface area contributed by atoms with Gasteiger partial charge in [-0.05, 0) is 48.7 Å². The van der Waals surface area contributed by atoms with E-state index in [2.05, 4.69) is 20.4 Å². The van der Waals surface area contributed by atoms with Crippen LogP contribution in [-0.2, 0) is 6.61 Å². The summed E-state index contributed by atoms with van der Waals surface area (Å²) in [6.07, 6.45) is 8.34. The van der Waals surface area contributed by atoms with Crippen molar-refractivity contribution in [1.82, 2.24) is 0 Å². The van der Waals surface area contributed by atoms with Crippen molar-refractivity contribution >= 4 is 15.3 Å². The minimum atomic E-state index is -1.38. The largest absolute Gasteiger partial charge is 0.546 e. The molecule has 0 aliphatic carbocycles. The quantitative estimate of drug-likeness (QED) is 0.283. The molecule has 0 heterocycles. The molecule has 0 amide bonds. The van der Waals surface area contributed by atoms with Crippen LogP contribution >= 0.6 is 0 Å². The minimum Gasteiger partial charge on any atom is -0.546 e. The fourth-order valence-electron chi connectivity index (χ4n) is 3.42. The Morgan fingerprint density at radius 1 is 1.00 bits per heavy atom. The third kappa shape index (κ3) is 7.15. The number of hydrogen-bond acceptors (Lipinski definition) is 3. The van der Waals surface area contributed by atoms with E-state index in [1.165, 1.54) is 38.5 Å². The summed E-state index contributed by atoms with van der Waals surface area (Å²) < 4.78 is 12.2. The number of carbonyl (C=O) groups is 1. The molecule has 3 nitrogen and oxygen atoms in total. The van der Waals surface area contributed by atoms with E-state index in [4.69, 9.17) is 9.16 Å². The minimum absolute atomic E-state index is 0.448. The van der Waals surface area contributed by atoms with Gasteiger partial charge in [0, 0.05) is 0 Å². The molecule has 0 spiro atoms. The molecule has 2 aromatic rings. The maximum atomic E-state index is 11.6. The van der Waals surface area contributed by atoms with E-state index in [1.807, 2.05) is 48.5 Å². The molecule has 0 bridgehead atoms. The molecule has 28 heavy (non-hydrogen) atoms. The molecule has 0 saturated carbocycles. The number of carbonyl (C=O) groups excluding carboxylic acids is 1. The molecule has 0 fully saturated rings. The van der Waals surface area contributed by atoms with Gasteiger partial charge in [0.15, 0.2) is 6.29 Å². The van der Waals surface area contributed by atoms with Crippen molar-refractivity contribution in [3.63, 3.8) is 0 Å². The summed E-state index contributed by atoms with van der Waals surface area (Å²) in [4.78, 5) is 11.6. The van der Waals surface area contributed by atoms with Crippen LogP contribution in [0.3, 0.4) is 0 Å². The van der Waals surface area contributed by atoms with Gasteiger partial charge in [0.25, 0.3) is 0 Å². The van der Waals surface area contributed by atoms with Crippen molar-refractivity contribution < 1.29 is 14.0 Å². The van der Waals surface area contributed by atoms with Crippen LogP contribution in [0.2, 0.25) is 12.1 Å². The average Bonchev–Trinajstić information content (AvgIpc) is 2.73. The molecule has 152 valence electrons. The zero-order chi connectivity index (χ0) is 20.2. The van der Waals surface area contributed by atoms with E-state index in [1.54, 1.807) is 0 Å². The van der Waals surface area contributed by atoms with Crippen molar-refractivity contribution in [3.8, 4) is 11.5 Å². The molecule has 4 heteroatoms. The second-order valence-electron chi connectivity index (χ2n) is 7.46. The van der Waals surface area contributed by atoms with Crippen LogP contribution in [0.4, 0.5) is 0 Å². The zero-order valence-corrected chi connectivity index (χ0v) is 18.7. The van der Waals surface area contributed by atoms with Crippen molar-refractivity contribution in [3.05, 3.63) is 59.7 Å². The van der Waals surface area contributed by atoms with E-state index < -0.39 is 9.04 Å². The molecule has 1 unspecified atom stereocenters. The third-order valence-corrected chi connectivity index (χ3v) is 7.83. The summed E-state index contributed by atoms with van der Waals surface area (Å²) in [5.74, 6) is 1.40. The first kappa shape index (κ1) is 22.2. The van der Waals surface area contributed by atoms with E-state index in [0.29, 0.717) is 23.5 Å². The van der Waals surface area contributed by atoms with Gasteiger partial charge in [-0.25, -0.2) is 0 Å². The summed E-state index contributed by atoms with van der Waals surface area (Å²) >= 11 is 0. The molecular weight excluding hydrogens is 364 g/mol. The van der Waals surface area contributed by atoms with E-state index in [-0.39, 0.29) is 0 Å². The maximum absolute atomic E-state index is 11.6. The Morgan fingerprint density at radius 2 is 1.68 bits per heavy atom. The van der Waals surface area contributed by atoms with Gasteiger partial charge in [0.1, 0.15) is 18.1 Å². The van der Waals surface area contributed by atoms with E-state index in [0.717, 1.165) is 17.6 Å². The van der Waals surface area contributed by atoms with E-state index >= 15 is 0 Å². The molecule has 1 atom stereocenters. The Labute approximate surface area is 171 Å². The molecular formula is C24H34O3Si. The number of rotatable bonds is 13. The molecule has 0 aliphatic heterocycles. The first-order chi connectivity index (χ1) is 13.7. The lowest BCUT2D eigenvalue weighted by Gasteiger charge is -2.24. The molecule has 0 saturated heterocycles. The highest BCUT2D eigenvalue weighted by Gasteiger charge is 2.21. The Morgan fingerprint density at radius 3 is 2.29 bits per heavy atom. The average molecular weight is 399 g/mol. The lowest BCUT2D eigenvalue weighted by molar-refractivity contribution is 0.111. The Hall–Kier alpha value is -2.07. The van der Waals surface area contributed by atoms with Crippen LogP contribution in [0, 0.1) is 0 Å². The Bertz CT molecular complexity index is 694. The highest BCUT2D eigenvalue weighted by Crippen LogP contribution is 2.29. The first-order valence-electron chi connectivity index (χ1n) is 10.6. The van der Waals surface area contributed by atoms with Gasteiger partial charge in [-0.15, -0.1) is 0 Å². The van der Waals surface area contributed by atoms with E-state index in [9.17, 15) is 4.79 Å². The molecule has 0 aromatic heterocycles. The normalized spacial score (nSPS) is 12.0. The van der Waals surface area contributed by atoms with Crippen molar-refractivity contribution in [2.24, 2.45) is 0 Å². The second kappa shape index (κ2) is 12.4. The summed E-state index contributed by atoms with van der Waals surface area (Å²) in [6.45, 7) is 7.22. The lowest BCUT2D eigenvalue weighted by Crippen LogP contribution is -2.25. The smallest absolute Gasteiger partial charge is 0.235 e. The van der Waals surface area contributed by atoms with Crippen LogP contribution in [0.15, 0.2) is 48.5 Å². The number of benzene rings is 2. The van der Waals surface area contributed by atoms with Gasteiger partial charge in [-0.3, -0.25) is 4.79 Å². The molecule has 2 rings (SSSR count). The van der Waals surface area contributed by atoms with Crippen LogP contribution < -0.4 is 9.16 Å². The summed E-state index contributed by atoms with van der Waals surface area (Å²) in [5.41, 5.74) is 2.32. The zero-order valence-electron chi connectivity index (χ0n) is 17.5. The van der Waals surface area contributed by atoms with Crippen LogP contribution in [-0.4, -0.2) is 15.3 Å². The van der Waals surface area contributed by atoms with Crippen molar-refractivity contribution in [2.75, 3.05) is 0 Å². The summed E-state index contributed by atoms with van der Waals surface area (Å²) in [6, 6.07) is 15.6. The maximum Gasteiger partial charge on any atom is 0.235 e. The Balaban J connectivity index is 2.01. The van der Waals surface area contributed by atoms with Crippen LogP contribution in [0.1, 0.15) is 68.3 Å². The molecule has 2 aromatic carbocycles. The van der Waals surface area contributed by atoms with Gasteiger partial charge in [-0.1, -0.05) is 69.9 Å². The molecule has 0 N–H and O–H groups in total. The highest BCUT2D eigenvalue weighted by molar-refractivity contribution is 6.52. The molecule has 0 aliphatic rings. The Kier molecular flexibility index (Phi) is 9.84. The summed E-state index contributed by atoms with van der Waals surface area (Å²) in [5, 5.41) is 0. The summed E-state index contributed by atoms with van der Waals surface area (Å²) in [7, 11) is -1.38. The van der Waals surface area contributed by atoms with Gasteiger partial charge in [0.2, 0.25) is 9.04 Å². The van der Waals surface area contributed by atoms with Crippen molar-refractivity contribution in [1.29, 1.82) is 0 Å². The third-order valence-electron chi connectivity index (χ3n) is 5.19. The van der Waals surface area contributed by atoms with Gasteiger partial charge >= 0.3 is 0 Å². The fraction of sp³-hybridized carbons (Fsp3) is 0.458.